The Kier molecular flexibility index (Phi) is 5.99. The molecule has 112 valence electrons. The van der Waals surface area contributed by atoms with Gasteiger partial charge in [-0.05, 0) is 44.5 Å². The minimum atomic E-state index is -0.0830. The van der Waals surface area contributed by atoms with E-state index < -0.39 is 0 Å². The van der Waals surface area contributed by atoms with E-state index >= 15 is 0 Å². The van der Waals surface area contributed by atoms with Crippen LogP contribution in [0.1, 0.15) is 43.2 Å². The average Bonchev–Trinajstić information content (AvgIpc) is 2.44. The van der Waals surface area contributed by atoms with Gasteiger partial charge in [-0.2, -0.15) is 0 Å². The molecule has 20 heavy (non-hydrogen) atoms. The third kappa shape index (κ3) is 4.57. The molecule has 0 bridgehead atoms. The topological polar surface area (TPSA) is 15.3 Å². The third-order valence-electron chi connectivity index (χ3n) is 4.23. The summed E-state index contributed by atoms with van der Waals surface area (Å²) in [4.78, 5) is 2.28. The van der Waals surface area contributed by atoms with Gasteiger partial charge < -0.3 is 10.2 Å². The molecule has 0 heterocycles. The molecule has 0 unspecified atom stereocenters. The summed E-state index contributed by atoms with van der Waals surface area (Å²) in [6, 6.07) is 5.44. The smallest absolute Gasteiger partial charge is 0.127 e. The molecule has 2 nitrogen and oxygen atoms in total. The maximum absolute atomic E-state index is 13.9. The van der Waals surface area contributed by atoms with Gasteiger partial charge in [-0.3, -0.25) is 0 Å². The lowest BCUT2D eigenvalue weighted by atomic mass is 9.89. The van der Waals surface area contributed by atoms with Gasteiger partial charge in [-0.25, -0.2) is 4.39 Å². The van der Waals surface area contributed by atoms with Crippen LogP contribution in [0.4, 0.5) is 4.39 Å². The number of nitrogens with one attached hydrogen (secondary N) is 1. The predicted molar refractivity (Wildman–Crippen MR) is 82.1 cm³/mol. The Morgan fingerprint density at radius 2 is 2.00 bits per heavy atom. The summed E-state index contributed by atoms with van der Waals surface area (Å²) >= 11 is 0. The van der Waals surface area contributed by atoms with Gasteiger partial charge in [0, 0.05) is 25.2 Å². The van der Waals surface area contributed by atoms with Crippen molar-refractivity contribution in [3.05, 3.63) is 35.1 Å². The number of rotatable bonds is 6. The van der Waals surface area contributed by atoms with Crippen LogP contribution in [0.15, 0.2) is 18.2 Å². The number of halogens is 1. The predicted octanol–water partition coefficient (Wildman–Crippen LogP) is 3.56. The van der Waals surface area contributed by atoms with E-state index in [-0.39, 0.29) is 5.82 Å². The van der Waals surface area contributed by atoms with Gasteiger partial charge in [0.1, 0.15) is 5.82 Å². The molecular weight excluding hydrogens is 251 g/mol. The van der Waals surface area contributed by atoms with Crippen LogP contribution in [-0.2, 0) is 13.1 Å². The van der Waals surface area contributed by atoms with E-state index in [0.717, 1.165) is 30.1 Å². The molecule has 1 aliphatic carbocycles. The van der Waals surface area contributed by atoms with Gasteiger partial charge in [-0.1, -0.05) is 31.4 Å². The number of hydrogen-bond acceptors (Lipinski definition) is 2. The van der Waals surface area contributed by atoms with Crippen molar-refractivity contribution in [3.63, 3.8) is 0 Å². The number of nitrogens with zero attached hydrogens (tertiary/aromatic N) is 1. The van der Waals surface area contributed by atoms with Crippen LogP contribution in [0, 0.1) is 11.7 Å². The third-order valence-corrected chi connectivity index (χ3v) is 4.23. The molecule has 2 rings (SSSR count). The van der Waals surface area contributed by atoms with Crippen molar-refractivity contribution in [2.24, 2.45) is 5.92 Å². The van der Waals surface area contributed by atoms with Crippen molar-refractivity contribution in [1.29, 1.82) is 0 Å². The van der Waals surface area contributed by atoms with E-state index in [1.807, 2.05) is 19.2 Å². The fraction of sp³-hybridized carbons (Fsp3) is 0.647. The first-order valence-corrected chi connectivity index (χ1v) is 7.79. The summed E-state index contributed by atoms with van der Waals surface area (Å²) in [6.07, 6.45) is 6.80. The van der Waals surface area contributed by atoms with Crippen LogP contribution >= 0.6 is 0 Å². The largest absolute Gasteiger partial charge is 0.316 e. The summed E-state index contributed by atoms with van der Waals surface area (Å²) < 4.78 is 13.9. The van der Waals surface area contributed by atoms with Crippen LogP contribution < -0.4 is 5.32 Å². The standard InChI is InChI=1S/C17H27FN2/c1-19-11-15-8-9-17(18)16(10-15)13-20(2)12-14-6-4-3-5-7-14/h8-10,14,19H,3-7,11-13H2,1-2H3. The fourth-order valence-corrected chi connectivity index (χ4v) is 3.23. The highest BCUT2D eigenvalue weighted by atomic mass is 19.1. The molecule has 0 spiro atoms. The molecule has 1 aromatic rings. The molecule has 1 aliphatic rings. The van der Waals surface area contributed by atoms with Crippen molar-refractivity contribution in [2.75, 3.05) is 20.6 Å². The first-order valence-electron chi connectivity index (χ1n) is 7.79. The Hall–Kier alpha value is -0.930. The van der Waals surface area contributed by atoms with E-state index in [2.05, 4.69) is 17.3 Å². The fourth-order valence-electron chi connectivity index (χ4n) is 3.23. The first-order chi connectivity index (χ1) is 9.69. The normalized spacial score (nSPS) is 16.8. The lowest BCUT2D eigenvalue weighted by Gasteiger charge is -2.27. The molecule has 0 saturated heterocycles. The van der Waals surface area contributed by atoms with Crippen molar-refractivity contribution < 1.29 is 4.39 Å². The van der Waals surface area contributed by atoms with Gasteiger partial charge in [0.2, 0.25) is 0 Å². The maximum Gasteiger partial charge on any atom is 0.127 e. The Labute approximate surface area is 122 Å². The minimum absolute atomic E-state index is 0.0830. The van der Waals surface area contributed by atoms with Crippen LogP contribution in [0.25, 0.3) is 0 Å². The lowest BCUT2D eigenvalue weighted by molar-refractivity contribution is 0.226. The Morgan fingerprint density at radius 3 is 2.70 bits per heavy atom. The zero-order valence-electron chi connectivity index (χ0n) is 12.8. The van der Waals surface area contributed by atoms with Crippen molar-refractivity contribution in [1.82, 2.24) is 10.2 Å². The van der Waals surface area contributed by atoms with Crippen LogP contribution in [0.3, 0.4) is 0 Å². The highest BCUT2D eigenvalue weighted by Gasteiger charge is 2.16. The summed E-state index contributed by atoms with van der Waals surface area (Å²) in [7, 11) is 4.02. The summed E-state index contributed by atoms with van der Waals surface area (Å²) in [5.41, 5.74) is 1.96. The number of hydrogen-bond donors (Lipinski definition) is 1. The Bertz CT molecular complexity index is 413. The zero-order valence-corrected chi connectivity index (χ0v) is 12.8. The molecule has 1 fully saturated rings. The second-order valence-electron chi connectivity index (χ2n) is 6.16. The zero-order chi connectivity index (χ0) is 14.4. The van der Waals surface area contributed by atoms with Crippen molar-refractivity contribution in [2.45, 2.75) is 45.2 Å². The summed E-state index contributed by atoms with van der Waals surface area (Å²) in [5.74, 6) is 0.720. The molecular formula is C17H27FN2. The van der Waals surface area contributed by atoms with E-state index in [1.54, 1.807) is 6.07 Å². The Morgan fingerprint density at radius 1 is 1.25 bits per heavy atom. The highest BCUT2D eigenvalue weighted by molar-refractivity contribution is 5.25. The second kappa shape index (κ2) is 7.75. The summed E-state index contributed by atoms with van der Waals surface area (Å²) in [6.45, 7) is 2.59. The van der Waals surface area contributed by atoms with Gasteiger partial charge in [0.25, 0.3) is 0 Å². The average molecular weight is 278 g/mol. The monoisotopic (exact) mass is 278 g/mol. The molecule has 0 aliphatic heterocycles. The quantitative estimate of drug-likeness (QED) is 0.856. The van der Waals surface area contributed by atoms with Crippen molar-refractivity contribution in [3.8, 4) is 0 Å². The first kappa shape index (κ1) is 15.5. The van der Waals surface area contributed by atoms with Crippen LogP contribution in [-0.4, -0.2) is 25.5 Å². The lowest BCUT2D eigenvalue weighted by Crippen LogP contribution is -2.27. The molecule has 0 atom stereocenters. The Balaban J connectivity index is 1.92. The summed E-state index contributed by atoms with van der Waals surface area (Å²) in [5, 5.41) is 3.11. The van der Waals surface area contributed by atoms with Gasteiger partial charge >= 0.3 is 0 Å². The highest BCUT2D eigenvalue weighted by Crippen LogP contribution is 2.24. The molecule has 1 N–H and O–H groups in total. The van der Waals surface area contributed by atoms with Crippen molar-refractivity contribution >= 4 is 0 Å². The minimum Gasteiger partial charge on any atom is -0.316 e. The molecule has 3 heteroatoms. The SMILES string of the molecule is CNCc1ccc(F)c(CN(C)CC2CCCCC2)c1. The van der Waals surface area contributed by atoms with E-state index in [1.165, 1.54) is 32.1 Å². The maximum atomic E-state index is 13.9. The molecule has 1 saturated carbocycles. The van der Waals surface area contributed by atoms with E-state index in [9.17, 15) is 4.39 Å². The van der Waals surface area contributed by atoms with Crippen LogP contribution in [0.5, 0.6) is 0 Å². The second-order valence-corrected chi connectivity index (χ2v) is 6.16. The molecule has 0 aromatic heterocycles. The van der Waals surface area contributed by atoms with E-state index in [0.29, 0.717) is 6.54 Å². The van der Waals surface area contributed by atoms with Gasteiger partial charge in [0.05, 0.1) is 0 Å². The molecule has 0 amide bonds. The van der Waals surface area contributed by atoms with E-state index in [4.69, 9.17) is 0 Å². The number of benzene rings is 1. The molecule has 1 aromatic carbocycles. The van der Waals surface area contributed by atoms with Gasteiger partial charge in [0.15, 0.2) is 0 Å². The molecule has 0 radical (unpaired) electrons. The van der Waals surface area contributed by atoms with Crippen LogP contribution in [0.2, 0.25) is 0 Å². The van der Waals surface area contributed by atoms with Gasteiger partial charge in [-0.15, -0.1) is 0 Å².